The smallest absolute Gasteiger partial charge is 0.250 e. The van der Waals surface area contributed by atoms with Crippen LogP contribution in [-0.4, -0.2) is 25.1 Å². The van der Waals surface area contributed by atoms with E-state index in [1.54, 1.807) is 7.05 Å². The third kappa shape index (κ3) is 3.32. The molecule has 0 saturated heterocycles. The van der Waals surface area contributed by atoms with Crippen LogP contribution in [0.4, 0.5) is 0 Å². The van der Waals surface area contributed by atoms with Crippen LogP contribution in [-0.2, 0) is 16.1 Å². The highest BCUT2D eigenvalue weighted by molar-refractivity contribution is 9.10. The molecule has 82 valence electrons. The quantitative estimate of drug-likeness (QED) is 0.790. The molecule has 0 aliphatic heterocycles. The van der Waals surface area contributed by atoms with Crippen molar-refractivity contribution < 1.29 is 9.63 Å². The minimum atomic E-state index is -0.0563. The first kappa shape index (κ1) is 12.2. The highest BCUT2D eigenvalue weighted by atomic mass is 79.9. The Hall–Kier alpha value is -0.870. The number of hydrogen-bond acceptors (Lipinski definition) is 2. The van der Waals surface area contributed by atoms with Gasteiger partial charge in [0.05, 0.1) is 13.5 Å². The molecular formula is C11H14BrNO2. The van der Waals surface area contributed by atoms with Gasteiger partial charge < -0.3 is 0 Å². The van der Waals surface area contributed by atoms with Gasteiger partial charge in [0.25, 0.3) is 0 Å². The molecule has 3 nitrogen and oxygen atoms in total. The van der Waals surface area contributed by atoms with Gasteiger partial charge in [0.15, 0.2) is 0 Å². The summed E-state index contributed by atoms with van der Waals surface area (Å²) in [6.07, 6.45) is 0.360. The van der Waals surface area contributed by atoms with Crippen LogP contribution in [0.15, 0.2) is 22.7 Å². The van der Waals surface area contributed by atoms with Crippen molar-refractivity contribution in [2.75, 3.05) is 14.2 Å². The van der Waals surface area contributed by atoms with Gasteiger partial charge in [0, 0.05) is 11.5 Å². The predicted octanol–water partition coefficient (Wildman–Crippen LogP) is 2.32. The average molecular weight is 272 g/mol. The van der Waals surface area contributed by atoms with E-state index in [0.717, 1.165) is 15.6 Å². The summed E-state index contributed by atoms with van der Waals surface area (Å²) in [7, 11) is 3.08. The lowest BCUT2D eigenvalue weighted by Gasteiger charge is -2.13. The third-order valence-electron chi connectivity index (χ3n) is 2.20. The van der Waals surface area contributed by atoms with Gasteiger partial charge in [-0.3, -0.25) is 9.63 Å². The minimum absolute atomic E-state index is 0.0563. The molecule has 1 amide bonds. The fraction of sp³-hybridized carbons (Fsp3) is 0.364. The highest BCUT2D eigenvalue weighted by Gasteiger charge is 2.09. The van der Waals surface area contributed by atoms with Crippen LogP contribution in [0.3, 0.4) is 0 Å². The van der Waals surface area contributed by atoms with Gasteiger partial charge in [-0.2, -0.15) is 0 Å². The van der Waals surface area contributed by atoms with Crippen LogP contribution >= 0.6 is 15.9 Å². The molecule has 0 atom stereocenters. The summed E-state index contributed by atoms with van der Waals surface area (Å²) < 4.78 is 1.05. The van der Waals surface area contributed by atoms with Crippen molar-refractivity contribution in [2.24, 2.45) is 0 Å². The lowest BCUT2D eigenvalue weighted by molar-refractivity contribution is -0.167. The molecule has 0 aliphatic carbocycles. The number of rotatable bonds is 3. The van der Waals surface area contributed by atoms with Crippen molar-refractivity contribution in [3.63, 3.8) is 0 Å². The fourth-order valence-corrected chi connectivity index (χ4v) is 1.45. The van der Waals surface area contributed by atoms with Gasteiger partial charge >= 0.3 is 0 Å². The number of halogens is 1. The Morgan fingerprint density at radius 3 is 2.73 bits per heavy atom. The number of likely N-dealkylation sites (N-methyl/N-ethyl adjacent to an activating group) is 1. The molecule has 15 heavy (non-hydrogen) atoms. The first-order valence-corrected chi connectivity index (χ1v) is 5.39. The number of benzene rings is 1. The molecule has 0 spiro atoms. The van der Waals surface area contributed by atoms with E-state index in [1.807, 2.05) is 25.1 Å². The van der Waals surface area contributed by atoms with E-state index < -0.39 is 0 Å². The second-order valence-corrected chi connectivity index (χ2v) is 4.19. The largest absolute Gasteiger partial charge is 0.275 e. The SMILES string of the molecule is CON(C)C(=O)Cc1ccc(Br)c(C)c1. The van der Waals surface area contributed by atoms with E-state index in [4.69, 9.17) is 4.84 Å². The topological polar surface area (TPSA) is 29.5 Å². The summed E-state index contributed by atoms with van der Waals surface area (Å²) in [4.78, 5) is 16.3. The molecule has 1 aromatic rings. The Balaban J connectivity index is 2.73. The van der Waals surface area contributed by atoms with Crippen molar-refractivity contribution >= 4 is 21.8 Å². The summed E-state index contributed by atoms with van der Waals surface area (Å²) in [5.41, 5.74) is 2.12. The zero-order valence-corrected chi connectivity index (χ0v) is 10.7. The standard InChI is InChI=1S/C11H14BrNO2/c1-8-6-9(4-5-10(8)12)7-11(14)13(2)15-3/h4-6H,7H2,1-3H3. The number of hydroxylamine groups is 2. The van der Waals surface area contributed by atoms with Crippen LogP contribution in [0, 0.1) is 6.92 Å². The molecule has 1 aromatic carbocycles. The Bertz CT molecular complexity index is 366. The normalized spacial score (nSPS) is 10.1. The lowest BCUT2D eigenvalue weighted by Crippen LogP contribution is -2.26. The van der Waals surface area contributed by atoms with Crippen molar-refractivity contribution in [3.8, 4) is 0 Å². The van der Waals surface area contributed by atoms with Gasteiger partial charge in [-0.1, -0.05) is 28.1 Å². The Kier molecular flexibility index (Phi) is 4.29. The van der Waals surface area contributed by atoms with Crippen molar-refractivity contribution in [1.29, 1.82) is 0 Å². The Labute approximate surface area is 98.1 Å². The van der Waals surface area contributed by atoms with Crippen molar-refractivity contribution in [1.82, 2.24) is 5.06 Å². The number of amides is 1. The third-order valence-corrected chi connectivity index (χ3v) is 3.09. The maximum atomic E-state index is 11.5. The summed E-state index contributed by atoms with van der Waals surface area (Å²) >= 11 is 3.42. The van der Waals surface area contributed by atoms with Gasteiger partial charge in [-0.15, -0.1) is 0 Å². The molecule has 1 rings (SSSR count). The predicted molar refractivity (Wildman–Crippen MR) is 62.4 cm³/mol. The minimum Gasteiger partial charge on any atom is -0.275 e. The summed E-state index contributed by atoms with van der Waals surface area (Å²) in [5.74, 6) is -0.0563. The molecule has 0 radical (unpaired) electrons. The molecule has 0 N–H and O–H groups in total. The monoisotopic (exact) mass is 271 g/mol. The zero-order chi connectivity index (χ0) is 11.4. The van der Waals surface area contributed by atoms with E-state index in [2.05, 4.69) is 15.9 Å². The molecule has 0 unspecified atom stereocenters. The van der Waals surface area contributed by atoms with Gasteiger partial charge in [-0.25, -0.2) is 5.06 Å². The van der Waals surface area contributed by atoms with Crippen LogP contribution in [0.25, 0.3) is 0 Å². The molecule has 0 heterocycles. The van der Waals surface area contributed by atoms with Crippen LogP contribution < -0.4 is 0 Å². The molecule has 0 bridgehead atoms. The Morgan fingerprint density at radius 2 is 2.20 bits per heavy atom. The van der Waals surface area contributed by atoms with E-state index in [9.17, 15) is 4.79 Å². The fourth-order valence-electron chi connectivity index (χ4n) is 1.20. The van der Waals surface area contributed by atoms with E-state index in [1.165, 1.54) is 12.2 Å². The number of aryl methyl sites for hydroxylation is 1. The number of carbonyl (C=O) groups excluding carboxylic acids is 1. The lowest BCUT2D eigenvalue weighted by atomic mass is 10.1. The highest BCUT2D eigenvalue weighted by Crippen LogP contribution is 2.17. The molecule has 0 saturated carbocycles. The number of hydrogen-bond donors (Lipinski definition) is 0. The second-order valence-electron chi connectivity index (χ2n) is 3.33. The van der Waals surface area contributed by atoms with Crippen molar-refractivity contribution in [2.45, 2.75) is 13.3 Å². The van der Waals surface area contributed by atoms with Crippen LogP contribution in [0.2, 0.25) is 0 Å². The summed E-state index contributed by atoms with van der Waals surface area (Å²) in [6.45, 7) is 2.00. The molecule has 0 aliphatic rings. The maximum absolute atomic E-state index is 11.5. The van der Waals surface area contributed by atoms with Crippen LogP contribution in [0.5, 0.6) is 0 Å². The first-order valence-electron chi connectivity index (χ1n) is 4.60. The molecule has 4 heteroatoms. The molecular weight excluding hydrogens is 258 g/mol. The Morgan fingerprint density at radius 1 is 1.53 bits per heavy atom. The van der Waals surface area contributed by atoms with E-state index >= 15 is 0 Å². The van der Waals surface area contributed by atoms with E-state index in [-0.39, 0.29) is 5.91 Å². The van der Waals surface area contributed by atoms with Crippen LogP contribution in [0.1, 0.15) is 11.1 Å². The van der Waals surface area contributed by atoms with Gasteiger partial charge in [0.1, 0.15) is 0 Å². The van der Waals surface area contributed by atoms with E-state index in [0.29, 0.717) is 6.42 Å². The van der Waals surface area contributed by atoms with Crippen molar-refractivity contribution in [3.05, 3.63) is 33.8 Å². The second kappa shape index (κ2) is 5.28. The molecule has 0 fully saturated rings. The maximum Gasteiger partial charge on any atom is 0.250 e. The summed E-state index contributed by atoms with van der Waals surface area (Å²) in [6, 6.07) is 5.87. The van der Waals surface area contributed by atoms with Gasteiger partial charge in [-0.05, 0) is 24.1 Å². The first-order chi connectivity index (χ1) is 7.04. The molecule has 0 aromatic heterocycles. The van der Waals surface area contributed by atoms with Gasteiger partial charge in [0.2, 0.25) is 5.91 Å². The number of carbonyl (C=O) groups is 1. The zero-order valence-electron chi connectivity index (χ0n) is 9.08. The average Bonchev–Trinajstić information content (AvgIpc) is 2.22. The number of nitrogens with zero attached hydrogens (tertiary/aromatic N) is 1. The summed E-state index contributed by atoms with van der Waals surface area (Å²) in [5, 5.41) is 1.23.